The molecule has 0 aromatic heterocycles. The van der Waals surface area contributed by atoms with Gasteiger partial charge in [-0.15, -0.1) is 0 Å². The van der Waals surface area contributed by atoms with Crippen LogP contribution in [0.3, 0.4) is 0 Å². The minimum absolute atomic E-state index is 0.150. The number of nitrogens with zero attached hydrogens (tertiary/aromatic N) is 2. The Bertz CT molecular complexity index is 2340. The van der Waals surface area contributed by atoms with E-state index in [0.29, 0.717) is 0 Å². The van der Waals surface area contributed by atoms with Crippen LogP contribution in [0.15, 0.2) is 157 Å². The maximum Gasteiger partial charge on any atom is 0.0465 e. The molecule has 2 heteroatoms. The van der Waals surface area contributed by atoms with E-state index in [0.717, 1.165) is 30.6 Å². The topological polar surface area (TPSA) is 6.48 Å². The van der Waals surface area contributed by atoms with Gasteiger partial charge in [-0.25, -0.2) is 0 Å². The molecule has 3 aliphatic carbocycles. The molecule has 0 radical (unpaired) electrons. The summed E-state index contributed by atoms with van der Waals surface area (Å²) in [7, 11) is 0. The monoisotopic (exact) mass is 674 g/mol. The van der Waals surface area contributed by atoms with Crippen LogP contribution in [-0.4, -0.2) is 0 Å². The molecular formula is C50H46N2. The molecule has 0 spiro atoms. The second-order valence-corrected chi connectivity index (χ2v) is 15.5. The Kier molecular flexibility index (Phi) is 7.63. The van der Waals surface area contributed by atoms with Crippen molar-refractivity contribution >= 4 is 28.4 Å². The van der Waals surface area contributed by atoms with Gasteiger partial charge in [-0.1, -0.05) is 114 Å². The smallest absolute Gasteiger partial charge is 0.0465 e. The van der Waals surface area contributed by atoms with Crippen LogP contribution in [0.1, 0.15) is 75.3 Å². The molecule has 6 aromatic rings. The van der Waals surface area contributed by atoms with Crippen molar-refractivity contribution in [1.29, 1.82) is 0 Å². The maximum absolute atomic E-state index is 2.56. The fourth-order valence-corrected chi connectivity index (χ4v) is 9.32. The number of anilines is 5. The van der Waals surface area contributed by atoms with E-state index >= 15 is 0 Å². The molecule has 0 heterocycles. The van der Waals surface area contributed by atoms with Gasteiger partial charge in [-0.3, -0.25) is 0 Å². The molecule has 0 unspecified atom stereocenters. The molecule has 3 aliphatic rings. The summed E-state index contributed by atoms with van der Waals surface area (Å²) in [6.45, 7) is 12.1. The fraction of sp³-hybridized carbons (Fsp3) is 0.200. The number of para-hydroxylation sites is 3. The van der Waals surface area contributed by atoms with Crippen LogP contribution in [0.2, 0.25) is 0 Å². The summed E-state index contributed by atoms with van der Waals surface area (Å²) in [5.74, 6) is 0. The van der Waals surface area contributed by atoms with Gasteiger partial charge < -0.3 is 9.80 Å². The summed E-state index contributed by atoms with van der Waals surface area (Å²) < 4.78 is 0. The lowest BCUT2D eigenvalue weighted by Gasteiger charge is -2.29. The number of rotatable bonds is 7. The largest absolute Gasteiger partial charge is 0.311 e. The van der Waals surface area contributed by atoms with Crippen LogP contribution < -0.4 is 9.80 Å². The van der Waals surface area contributed by atoms with E-state index < -0.39 is 0 Å². The predicted molar refractivity (Wildman–Crippen MR) is 221 cm³/mol. The average molecular weight is 675 g/mol. The Morgan fingerprint density at radius 1 is 0.500 bits per heavy atom. The zero-order chi connectivity index (χ0) is 35.6. The highest BCUT2D eigenvalue weighted by atomic mass is 15.1. The summed E-state index contributed by atoms with van der Waals surface area (Å²) >= 11 is 0. The molecule has 256 valence electrons. The summed E-state index contributed by atoms with van der Waals surface area (Å²) in [5.41, 5.74) is 19.7. The second kappa shape index (κ2) is 12.3. The van der Waals surface area contributed by atoms with E-state index in [9.17, 15) is 0 Å². The van der Waals surface area contributed by atoms with Crippen LogP contribution >= 0.6 is 0 Å². The van der Waals surface area contributed by atoms with Gasteiger partial charge >= 0.3 is 0 Å². The Balaban J connectivity index is 1.18. The van der Waals surface area contributed by atoms with E-state index in [2.05, 4.69) is 196 Å². The van der Waals surface area contributed by atoms with Crippen LogP contribution in [0.4, 0.5) is 28.4 Å². The van der Waals surface area contributed by atoms with Crippen molar-refractivity contribution in [3.8, 4) is 22.3 Å². The molecule has 0 amide bonds. The highest BCUT2D eigenvalue weighted by Gasteiger charge is 2.44. The number of fused-ring (bicyclic) bond motifs is 6. The molecule has 0 saturated carbocycles. The van der Waals surface area contributed by atoms with Crippen molar-refractivity contribution in [2.24, 2.45) is 0 Å². The van der Waals surface area contributed by atoms with E-state index in [1.54, 1.807) is 0 Å². The molecule has 0 N–H and O–H groups in total. The molecule has 0 bridgehead atoms. The Morgan fingerprint density at radius 3 is 1.60 bits per heavy atom. The molecule has 0 saturated heterocycles. The van der Waals surface area contributed by atoms with E-state index in [1.165, 1.54) is 72.8 Å². The lowest BCUT2D eigenvalue weighted by atomic mass is 9.76. The van der Waals surface area contributed by atoms with Gasteiger partial charge in [0.2, 0.25) is 0 Å². The van der Waals surface area contributed by atoms with Gasteiger partial charge in [-0.2, -0.15) is 0 Å². The Labute approximate surface area is 309 Å². The summed E-state index contributed by atoms with van der Waals surface area (Å²) in [6.07, 6.45) is 10.1. The molecule has 0 aliphatic heterocycles. The SMILES string of the molecule is CCc1c2c(cc3c1C(C)(C)c1cc(N(c4ccccc4)c4ccccc4)ccc1-3)C(C)(C)c1cc(N(C3=CCCC=C3)c3ccccc3)ccc1-2. The predicted octanol–water partition coefficient (Wildman–Crippen LogP) is 13.7. The first-order valence-electron chi connectivity index (χ1n) is 18.9. The Morgan fingerprint density at radius 2 is 1.04 bits per heavy atom. The summed E-state index contributed by atoms with van der Waals surface area (Å²) in [5, 5.41) is 0. The zero-order valence-electron chi connectivity index (χ0n) is 30.9. The average Bonchev–Trinajstić information content (AvgIpc) is 3.55. The molecular weight excluding hydrogens is 629 g/mol. The van der Waals surface area contributed by atoms with Gasteiger partial charge in [0.25, 0.3) is 0 Å². The minimum atomic E-state index is -0.156. The zero-order valence-corrected chi connectivity index (χ0v) is 30.9. The number of hydrogen-bond donors (Lipinski definition) is 0. The van der Waals surface area contributed by atoms with Gasteiger partial charge in [0, 0.05) is 45.0 Å². The maximum atomic E-state index is 2.56. The van der Waals surface area contributed by atoms with Gasteiger partial charge in [0.15, 0.2) is 0 Å². The van der Waals surface area contributed by atoms with Crippen LogP contribution in [0.25, 0.3) is 22.3 Å². The van der Waals surface area contributed by atoms with Crippen molar-refractivity contribution in [2.75, 3.05) is 9.80 Å². The molecule has 52 heavy (non-hydrogen) atoms. The third-order valence-corrected chi connectivity index (χ3v) is 11.8. The first-order chi connectivity index (χ1) is 25.3. The highest BCUT2D eigenvalue weighted by Crippen LogP contribution is 2.59. The van der Waals surface area contributed by atoms with Crippen LogP contribution in [-0.2, 0) is 17.3 Å². The van der Waals surface area contributed by atoms with Gasteiger partial charge in [0.1, 0.15) is 0 Å². The van der Waals surface area contributed by atoms with E-state index in [-0.39, 0.29) is 10.8 Å². The van der Waals surface area contributed by atoms with Crippen molar-refractivity contribution in [3.63, 3.8) is 0 Å². The number of allylic oxidation sites excluding steroid dienone is 3. The first kappa shape index (κ1) is 32.3. The van der Waals surface area contributed by atoms with Crippen LogP contribution in [0, 0.1) is 0 Å². The molecule has 6 aromatic carbocycles. The fourth-order valence-electron chi connectivity index (χ4n) is 9.32. The minimum Gasteiger partial charge on any atom is -0.311 e. The third kappa shape index (κ3) is 4.92. The third-order valence-electron chi connectivity index (χ3n) is 11.8. The highest BCUT2D eigenvalue weighted by molar-refractivity contribution is 5.94. The lowest BCUT2D eigenvalue weighted by molar-refractivity contribution is 0.645. The van der Waals surface area contributed by atoms with Crippen molar-refractivity contribution < 1.29 is 0 Å². The normalized spacial score (nSPS) is 15.7. The quantitative estimate of drug-likeness (QED) is 0.166. The van der Waals surface area contributed by atoms with Crippen molar-refractivity contribution in [2.45, 2.75) is 64.7 Å². The standard InChI is InChI=1S/C50H46N2/c1-6-40-47-42-30-28-39(52(36-23-15-9-16-24-36)37-25-17-10-18-26-37)32-45(42)49(2,3)46(47)33-43-41-29-27-38(31-44(41)50(4,5)48(40)43)51(34-19-11-7-12-20-34)35-21-13-8-14-22-35/h7-9,11-17,19-33H,6,10,18H2,1-5H3. The molecule has 0 fully saturated rings. The first-order valence-corrected chi connectivity index (χ1v) is 18.9. The van der Waals surface area contributed by atoms with E-state index in [1.807, 2.05) is 0 Å². The molecule has 0 atom stereocenters. The van der Waals surface area contributed by atoms with Gasteiger partial charge in [-0.05, 0) is 142 Å². The van der Waals surface area contributed by atoms with Crippen molar-refractivity contribution in [3.05, 3.63) is 185 Å². The van der Waals surface area contributed by atoms with E-state index in [4.69, 9.17) is 0 Å². The van der Waals surface area contributed by atoms with Gasteiger partial charge in [0.05, 0.1) is 0 Å². The van der Waals surface area contributed by atoms with Crippen LogP contribution in [0.5, 0.6) is 0 Å². The van der Waals surface area contributed by atoms with Crippen molar-refractivity contribution in [1.82, 2.24) is 0 Å². The molecule has 9 rings (SSSR count). The number of hydrogen-bond acceptors (Lipinski definition) is 2. The summed E-state index contributed by atoms with van der Waals surface area (Å²) in [4.78, 5) is 4.82. The number of benzene rings is 6. The lowest BCUT2D eigenvalue weighted by Crippen LogP contribution is -2.20. The second-order valence-electron chi connectivity index (χ2n) is 15.5. The summed E-state index contributed by atoms with van der Waals surface area (Å²) in [6, 6.07) is 49.3. The Hall–Kier alpha value is -5.60. The molecule has 2 nitrogen and oxygen atoms in total.